The van der Waals surface area contributed by atoms with E-state index in [1.54, 1.807) is 0 Å². The highest BCUT2D eigenvalue weighted by Gasteiger charge is 2.17. The lowest BCUT2D eigenvalue weighted by Crippen LogP contribution is -2.29. The Labute approximate surface area is 111 Å². The summed E-state index contributed by atoms with van der Waals surface area (Å²) in [5, 5.41) is 6.32. The van der Waals surface area contributed by atoms with Crippen LogP contribution in [0.2, 0.25) is 0 Å². The van der Waals surface area contributed by atoms with Crippen molar-refractivity contribution in [1.82, 2.24) is 15.5 Å². The van der Waals surface area contributed by atoms with Crippen LogP contribution in [0.4, 0.5) is 4.79 Å². The number of hydrogen-bond acceptors (Lipinski definition) is 2. The van der Waals surface area contributed by atoms with Crippen LogP contribution >= 0.6 is 0 Å². The first-order valence-electron chi connectivity index (χ1n) is 7.58. The zero-order chi connectivity index (χ0) is 13.1. The van der Waals surface area contributed by atoms with Gasteiger partial charge in [0.15, 0.2) is 0 Å². The summed E-state index contributed by atoms with van der Waals surface area (Å²) in [6.07, 6.45) is 8.90. The van der Waals surface area contributed by atoms with Crippen LogP contribution in [0, 0.1) is 0 Å². The first-order valence-corrected chi connectivity index (χ1v) is 7.58. The molecule has 1 aliphatic rings. The third-order valence-electron chi connectivity index (χ3n) is 3.43. The van der Waals surface area contributed by atoms with Gasteiger partial charge in [-0.1, -0.05) is 32.6 Å². The Bertz CT molecular complexity index is 221. The zero-order valence-corrected chi connectivity index (χ0v) is 11.8. The molecule has 0 aromatic carbocycles. The van der Waals surface area contributed by atoms with E-state index in [0.717, 1.165) is 39.1 Å². The molecule has 0 atom stereocenters. The average Bonchev–Trinajstić information content (AvgIpc) is 2.77. The molecular formula is C14H29N3O. The molecule has 2 amide bonds. The van der Waals surface area contributed by atoms with E-state index in [9.17, 15) is 4.79 Å². The molecular weight excluding hydrogens is 226 g/mol. The van der Waals surface area contributed by atoms with Crippen LogP contribution in [0.5, 0.6) is 0 Å². The quantitative estimate of drug-likeness (QED) is 0.557. The molecule has 0 aromatic rings. The molecule has 1 fully saturated rings. The standard InChI is InChI=1S/C14H29N3O/c1-2-3-4-6-9-15-10-7-5-8-12-17-13-11-16-14(17)18/h15H,2-13H2,1H3,(H,16,18). The highest BCUT2D eigenvalue weighted by Crippen LogP contribution is 2.02. The summed E-state index contributed by atoms with van der Waals surface area (Å²) < 4.78 is 0. The van der Waals surface area contributed by atoms with Gasteiger partial charge in [-0.2, -0.15) is 0 Å². The molecule has 0 unspecified atom stereocenters. The van der Waals surface area contributed by atoms with E-state index in [2.05, 4.69) is 17.6 Å². The highest BCUT2D eigenvalue weighted by molar-refractivity contribution is 5.76. The second kappa shape index (κ2) is 10.2. The fourth-order valence-electron chi connectivity index (χ4n) is 2.26. The van der Waals surface area contributed by atoms with E-state index in [0.29, 0.717) is 0 Å². The molecule has 0 radical (unpaired) electrons. The Kier molecular flexibility index (Phi) is 8.65. The number of nitrogens with zero attached hydrogens (tertiary/aromatic N) is 1. The molecule has 2 N–H and O–H groups in total. The van der Waals surface area contributed by atoms with Gasteiger partial charge in [-0.05, 0) is 32.4 Å². The maximum atomic E-state index is 11.3. The molecule has 0 saturated carbocycles. The van der Waals surface area contributed by atoms with Crippen molar-refractivity contribution in [2.45, 2.75) is 51.9 Å². The molecule has 1 rings (SSSR count). The Morgan fingerprint density at radius 1 is 1.11 bits per heavy atom. The van der Waals surface area contributed by atoms with Gasteiger partial charge >= 0.3 is 6.03 Å². The van der Waals surface area contributed by atoms with Crippen molar-refractivity contribution >= 4 is 6.03 Å². The Morgan fingerprint density at radius 3 is 2.44 bits per heavy atom. The minimum atomic E-state index is 0.115. The number of nitrogens with one attached hydrogen (secondary N) is 2. The number of carbonyl (C=O) groups excluding carboxylic acids is 1. The van der Waals surface area contributed by atoms with Crippen molar-refractivity contribution in [3.8, 4) is 0 Å². The van der Waals surface area contributed by atoms with Gasteiger partial charge in [-0.25, -0.2) is 4.79 Å². The number of unbranched alkanes of at least 4 members (excludes halogenated alkanes) is 5. The van der Waals surface area contributed by atoms with E-state index < -0.39 is 0 Å². The predicted octanol–water partition coefficient (Wildman–Crippen LogP) is 2.35. The van der Waals surface area contributed by atoms with Crippen molar-refractivity contribution in [3.05, 3.63) is 0 Å². The van der Waals surface area contributed by atoms with Crippen molar-refractivity contribution in [1.29, 1.82) is 0 Å². The van der Waals surface area contributed by atoms with Crippen molar-refractivity contribution in [3.63, 3.8) is 0 Å². The SMILES string of the molecule is CCCCCCNCCCCCN1CCNC1=O. The van der Waals surface area contributed by atoms with Crippen LogP contribution in [0.1, 0.15) is 51.9 Å². The summed E-state index contributed by atoms with van der Waals surface area (Å²) in [7, 11) is 0. The van der Waals surface area contributed by atoms with Gasteiger partial charge in [0, 0.05) is 19.6 Å². The smallest absolute Gasteiger partial charge is 0.317 e. The predicted molar refractivity (Wildman–Crippen MR) is 75.8 cm³/mol. The van der Waals surface area contributed by atoms with Gasteiger partial charge in [0.05, 0.1) is 0 Å². The molecule has 4 heteroatoms. The second-order valence-corrected chi connectivity index (χ2v) is 5.09. The molecule has 1 saturated heterocycles. The van der Waals surface area contributed by atoms with Crippen LogP contribution in [0.3, 0.4) is 0 Å². The molecule has 0 spiro atoms. The molecule has 0 aromatic heterocycles. The summed E-state index contributed by atoms with van der Waals surface area (Å²) in [5.74, 6) is 0. The van der Waals surface area contributed by atoms with Crippen molar-refractivity contribution in [2.75, 3.05) is 32.7 Å². The maximum absolute atomic E-state index is 11.3. The number of carbonyl (C=O) groups is 1. The molecule has 18 heavy (non-hydrogen) atoms. The lowest BCUT2D eigenvalue weighted by molar-refractivity contribution is 0.216. The van der Waals surface area contributed by atoms with E-state index in [1.807, 2.05) is 4.90 Å². The maximum Gasteiger partial charge on any atom is 0.317 e. The highest BCUT2D eigenvalue weighted by atomic mass is 16.2. The first-order chi connectivity index (χ1) is 8.84. The van der Waals surface area contributed by atoms with E-state index >= 15 is 0 Å². The third kappa shape index (κ3) is 6.84. The number of hydrogen-bond donors (Lipinski definition) is 2. The van der Waals surface area contributed by atoms with Gasteiger partial charge < -0.3 is 15.5 Å². The lowest BCUT2D eigenvalue weighted by atomic mass is 10.2. The molecule has 0 aliphatic carbocycles. The van der Waals surface area contributed by atoms with Crippen LogP contribution in [0.25, 0.3) is 0 Å². The lowest BCUT2D eigenvalue weighted by Gasteiger charge is -2.13. The number of amides is 2. The van der Waals surface area contributed by atoms with Gasteiger partial charge in [0.1, 0.15) is 0 Å². The molecule has 106 valence electrons. The van der Waals surface area contributed by atoms with Gasteiger partial charge in [0.25, 0.3) is 0 Å². The number of rotatable bonds is 11. The monoisotopic (exact) mass is 255 g/mol. The van der Waals surface area contributed by atoms with E-state index in [1.165, 1.54) is 38.5 Å². The minimum absolute atomic E-state index is 0.115. The van der Waals surface area contributed by atoms with Crippen LogP contribution in [0.15, 0.2) is 0 Å². The topological polar surface area (TPSA) is 44.4 Å². The first kappa shape index (κ1) is 15.3. The summed E-state index contributed by atoms with van der Waals surface area (Å²) in [4.78, 5) is 13.2. The van der Waals surface area contributed by atoms with Crippen LogP contribution in [-0.4, -0.2) is 43.7 Å². The molecule has 1 aliphatic heterocycles. The van der Waals surface area contributed by atoms with Gasteiger partial charge in [0.2, 0.25) is 0 Å². The molecule has 1 heterocycles. The second-order valence-electron chi connectivity index (χ2n) is 5.09. The van der Waals surface area contributed by atoms with Crippen molar-refractivity contribution < 1.29 is 4.79 Å². The number of urea groups is 1. The largest absolute Gasteiger partial charge is 0.336 e. The Hall–Kier alpha value is -0.770. The Morgan fingerprint density at radius 2 is 1.83 bits per heavy atom. The van der Waals surface area contributed by atoms with Gasteiger partial charge in [-0.15, -0.1) is 0 Å². The summed E-state index contributed by atoms with van der Waals surface area (Å²) in [6, 6.07) is 0.115. The fourth-order valence-corrected chi connectivity index (χ4v) is 2.26. The minimum Gasteiger partial charge on any atom is -0.336 e. The van der Waals surface area contributed by atoms with Gasteiger partial charge in [-0.3, -0.25) is 0 Å². The normalized spacial score (nSPS) is 15.2. The van der Waals surface area contributed by atoms with Crippen LogP contribution in [-0.2, 0) is 0 Å². The Balaban J connectivity index is 1.77. The third-order valence-corrected chi connectivity index (χ3v) is 3.43. The molecule has 4 nitrogen and oxygen atoms in total. The average molecular weight is 255 g/mol. The fraction of sp³-hybridized carbons (Fsp3) is 0.929. The van der Waals surface area contributed by atoms with Crippen molar-refractivity contribution in [2.24, 2.45) is 0 Å². The van der Waals surface area contributed by atoms with E-state index in [-0.39, 0.29) is 6.03 Å². The molecule has 0 bridgehead atoms. The summed E-state index contributed by atoms with van der Waals surface area (Å²) >= 11 is 0. The van der Waals surface area contributed by atoms with Crippen LogP contribution < -0.4 is 10.6 Å². The summed E-state index contributed by atoms with van der Waals surface area (Å²) in [5.41, 5.74) is 0. The van der Waals surface area contributed by atoms with E-state index in [4.69, 9.17) is 0 Å². The summed E-state index contributed by atoms with van der Waals surface area (Å²) in [6.45, 7) is 7.15. The zero-order valence-electron chi connectivity index (χ0n) is 11.8.